The van der Waals surface area contributed by atoms with E-state index in [0.29, 0.717) is 6.54 Å². The molecule has 1 unspecified atom stereocenters. The van der Waals surface area contributed by atoms with Crippen molar-refractivity contribution in [2.45, 2.75) is 18.9 Å². The van der Waals surface area contributed by atoms with Crippen LogP contribution in [0.5, 0.6) is 0 Å². The van der Waals surface area contributed by atoms with Crippen LogP contribution in [0.4, 0.5) is 11.4 Å². The molecule has 0 radical (unpaired) electrons. The van der Waals surface area contributed by atoms with Crippen LogP contribution in [-0.4, -0.2) is 44.2 Å². The molecule has 1 atom stereocenters. The fourth-order valence-corrected chi connectivity index (χ4v) is 2.66. The summed E-state index contributed by atoms with van der Waals surface area (Å²) in [6, 6.07) is 7.50. The summed E-state index contributed by atoms with van der Waals surface area (Å²) in [6.07, 6.45) is 2.14. The number of para-hydroxylation sites is 2. The van der Waals surface area contributed by atoms with E-state index in [1.165, 1.54) is 4.90 Å². The number of nitrogens with one attached hydrogen (secondary N) is 2. The zero-order chi connectivity index (χ0) is 14.7. The number of rotatable bonds is 4. The van der Waals surface area contributed by atoms with Gasteiger partial charge in [-0.3, -0.25) is 14.5 Å². The van der Waals surface area contributed by atoms with E-state index in [1.807, 2.05) is 24.3 Å². The van der Waals surface area contributed by atoms with E-state index in [2.05, 4.69) is 10.6 Å². The standard InChI is InChI=1S/C15H19N3O3/c19-14(17-8-11-4-3-7-21-11)10-18-13-6-2-1-5-12(13)16-9-15(18)20/h1-2,5-6,11,16H,3-4,7-10H2,(H,17,19). The van der Waals surface area contributed by atoms with Gasteiger partial charge in [0, 0.05) is 13.2 Å². The number of carbonyl (C=O) groups is 2. The zero-order valence-corrected chi connectivity index (χ0v) is 11.8. The first-order chi connectivity index (χ1) is 10.2. The molecule has 2 aliphatic rings. The fourth-order valence-electron chi connectivity index (χ4n) is 2.66. The number of amides is 2. The van der Waals surface area contributed by atoms with Gasteiger partial charge >= 0.3 is 0 Å². The number of nitrogens with zero attached hydrogens (tertiary/aromatic N) is 1. The molecule has 2 heterocycles. The van der Waals surface area contributed by atoms with Crippen molar-refractivity contribution in [3.8, 4) is 0 Å². The monoisotopic (exact) mass is 289 g/mol. The number of hydrogen-bond donors (Lipinski definition) is 2. The Morgan fingerprint density at radius 2 is 2.29 bits per heavy atom. The number of ether oxygens (including phenoxy) is 1. The molecule has 2 aliphatic heterocycles. The lowest BCUT2D eigenvalue weighted by Crippen LogP contribution is -2.46. The van der Waals surface area contributed by atoms with E-state index in [-0.39, 0.29) is 31.0 Å². The molecule has 2 amide bonds. The Bertz CT molecular complexity index is 541. The van der Waals surface area contributed by atoms with Crippen molar-refractivity contribution in [2.24, 2.45) is 0 Å². The molecule has 0 saturated carbocycles. The first-order valence-corrected chi connectivity index (χ1v) is 7.25. The highest BCUT2D eigenvalue weighted by atomic mass is 16.5. The van der Waals surface area contributed by atoms with Gasteiger partial charge in [0.2, 0.25) is 11.8 Å². The molecule has 0 aromatic heterocycles. The summed E-state index contributed by atoms with van der Waals surface area (Å²) >= 11 is 0. The predicted molar refractivity (Wildman–Crippen MR) is 79.3 cm³/mol. The lowest BCUT2D eigenvalue weighted by atomic mass is 10.2. The van der Waals surface area contributed by atoms with Gasteiger partial charge in [0.15, 0.2) is 0 Å². The molecule has 112 valence electrons. The van der Waals surface area contributed by atoms with Gasteiger partial charge in [0.25, 0.3) is 0 Å². The molecule has 6 heteroatoms. The average Bonchev–Trinajstić information content (AvgIpc) is 3.01. The quantitative estimate of drug-likeness (QED) is 0.857. The van der Waals surface area contributed by atoms with Crippen LogP contribution in [0, 0.1) is 0 Å². The Morgan fingerprint density at radius 1 is 1.43 bits per heavy atom. The van der Waals surface area contributed by atoms with Crippen molar-refractivity contribution in [3.63, 3.8) is 0 Å². The number of benzene rings is 1. The number of carbonyl (C=O) groups excluding carboxylic acids is 2. The van der Waals surface area contributed by atoms with Crippen LogP contribution in [0.3, 0.4) is 0 Å². The molecule has 1 aromatic carbocycles. The molecule has 3 rings (SSSR count). The Labute approximate surface area is 123 Å². The Kier molecular flexibility index (Phi) is 4.06. The molecule has 21 heavy (non-hydrogen) atoms. The van der Waals surface area contributed by atoms with E-state index in [1.54, 1.807) is 0 Å². The molecular weight excluding hydrogens is 270 g/mol. The van der Waals surface area contributed by atoms with Crippen molar-refractivity contribution in [2.75, 3.05) is 36.5 Å². The third-order valence-corrected chi connectivity index (χ3v) is 3.78. The summed E-state index contributed by atoms with van der Waals surface area (Å²) in [4.78, 5) is 25.6. The van der Waals surface area contributed by atoms with Gasteiger partial charge in [-0.15, -0.1) is 0 Å². The van der Waals surface area contributed by atoms with Crippen LogP contribution in [-0.2, 0) is 14.3 Å². The minimum absolute atomic E-state index is 0.0459. The van der Waals surface area contributed by atoms with Gasteiger partial charge < -0.3 is 15.4 Å². The topological polar surface area (TPSA) is 70.7 Å². The lowest BCUT2D eigenvalue weighted by Gasteiger charge is -2.29. The second-order valence-electron chi connectivity index (χ2n) is 5.29. The summed E-state index contributed by atoms with van der Waals surface area (Å²) in [6.45, 7) is 1.55. The second-order valence-corrected chi connectivity index (χ2v) is 5.29. The third-order valence-electron chi connectivity index (χ3n) is 3.78. The minimum Gasteiger partial charge on any atom is -0.376 e. The first-order valence-electron chi connectivity index (χ1n) is 7.25. The zero-order valence-electron chi connectivity index (χ0n) is 11.8. The van der Waals surface area contributed by atoms with Gasteiger partial charge in [0.1, 0.15) is 6.54 Å². The number of hydrogen-bond acceptors (Lipinski definition) is 4. The molecule has 0 aliphatic carbocycles. The van der Waals surface area contributed by atoms with Gasteiger partial charge in [-0.25, -0.2) is 0 Å². The van der Waals surface area contributed by atoms with E-state index in [9.17, 15) is 9.59 Å². The summed E-state index contributed by atoms with van der Waals surface area (Å²) in [5, 5.41) is 5.89. The molecule has 0 bridgehead atoms. The highest BCUT2D eigenvalue weighted by Crippen LogP contribution is 2.28. The summed E-state index contributed by atoms with van der Waals surface area (Å²) in [7, 11) is 0. The van der Waals surface area contributed by atoms with Crippen molar-refractivity contribution in [1.82, 2.24) is 5.32 Å². The molecule has 1 fully saturated rings. The summed E-state index contributed by atoms with van der Waals surface area (Å²) in [5.74, 6) is -0.253. The van der Waals surface area contributed by atoms with Crippen LogP contribution in [0.25, 0.3) is 0 Å². The number of fused-ring (bicyclic) bond motifs is 1. The largest absolute Gasteiger partial charge is 0.376 e. The van der Waals surface area contributed by atoms with Crippen LogP contribution in [0.1, 0.15) is 12.8 Å². The van der Waals surface area contributed by atoms with E-state index in [0.717, 1.165) is 30.8 Å². The maximum absolute atomic E-state index is 12.0. The Hall–Kier alpha value is -2.08. The van der Waals surface area contributed by atoms with Crippen LogP contribution in [0.15, 0.2) is 24.3 Å². The summed E-state index contributed by atoms with van der Waals surface area (Å²) in [5.41, 5.74) is 1.63. The van der Waals surface area contributed by atoms with Crippen molar-refractivity contribution in [1.29, 1.82) is 0 Å². The maximum Gasteiger partial charge on any atom is 0.246 e. The Morgan fingerprint density at radius 3 is 3.10 bits per heavy atom. The van der Waals surface area contributed by atoms with E-state index in [4.69, 9.17) is 4.74 Å². The van der Waals surface area contributed by atoms with Gasteiger partial charge in [-0.2, -0.15) is 0 Å². The van der Waals surface area contributed by atoms with Gasteiger partial charge in [-0.1, -0.05) is 12.1 Å². The van der Waals surface area contributed by atoms with Crippen molar-refractivity contribution in [3.05, 3.63) is 24.3 Å². The maximum atomic E-state index is 12.0. The Balaban J connectivity index is 1.60. The molecule has 6 nitrogen and oxygen atoms in total. The first kappa shape index (κ1) is 13.9. The smallest absolute Gasteiger partial charge is 0.246 e. The predicted octanol–water partition coefficient (Wildman–Crippen LogP) is 0.740. The van der Waals surface area contributed by atoms with Crippen LogP contribution < -0.4 is 15.5 Å². The molecule has 1 aromatic rings. The second kappa shape index (κ2) is 6.13. The van der Waals surface area contributed by atoms with E-state index >= 15 is 0 Å². The van der Waals surface area contributed by atoms with Gasteiger partial charge in [0.05, 0.1) is 24.0 Å². The summed E-state index contributed by atoms with van der Waals surface area (Å²) < 4.78 is 5.47. The van der Waals surface area contributed by atoms with Crippen molar-refractivity contribution >= 4 is 23.2 Å². The third kappa shape index (κ3) is 3.16. The number of anilines is 2. The fraction of sp³-hybridized carbons (Fsp3) is 0.467. The molecule has 1 saturated heterocycles. The minimum atomic E-state index is -0.157. The molecular formula is C15H19N3O3. The molecule has 0 spiro atoms. The van der Waals surface area contributed by atoms with Crippen molar-refractivity contribution < 1.29 is 14.3 Å². The SMILES string of the molecule is O=C(CN1C(=O)CNc2ccccc21)NCC1CCCO1. The lowest BCUT2D eigenvalue weighted by molar-refractivity contribution is -0.123. The highest BCUT2D eigenvalue weighted by molar-refractivity contribution is 6.05. The molecule has 2 N–H and O–H groups in total. The average molecular weight is 289 g/mol. The van der Waals surface area contributed by atoms with E-state index < -0.39 is 0 Å². The normalized spacial score (nSPS) is 20.9. The highest BCUT2D eigenvalue weighted by Gasteiger charge is 2.25. The van der Waals surface area contributed by atoms with Crippen LogP contribution >= 0.6 is 0 Å². The van der Waals surface area contributed by atoms with Crippen LogP contribution in [0.2, 0.25) is 0 Å². The van der Waals surface area contributed by atoms with Gasteiger partial charge in [-0.05, 0) is 25.0 Å².